The van der Waals surface area contributed by atoms with Crippen molar-refractivity contribution < 1.29 is 49.1 Å². The molecule has 0 bridgehead atoms. The van der Waals surface area contributed by atoms with Crippen LogP contribution in [0.1, 0.15) is 89.5 Å². The number of halogens is 2. The Balaban J connectivity index is 0.000000231. The zero-order valence-corrected chi connectivity index (χ0v) is 39.1. The molecule has 328 valence electrons. The Bertz CT molecular complexity index is 2570. The summed E-state index contributed by atoms with van der Waals surface area (Å²) in [5.41, 5.74) is 7.17. The van der Waals surface area contributed by atoms with Gasteiger partial charge in [0.15, 0.2) is 0 Å². The maximum atomic E-state index is 12.1. The molecule has 9 aromatic rings. The summed E-state index contributed by atoms with van der Waals surface area (Å²) in [6.07, 6.45) is 26.2. The van der Waals surface area contributed by atoms with Crippen LogP contribution in [0.4, 0.5) is 0 Å². The molecule has 3 aromatic carbocycles. The second-order valence-corrected chi connectivity index (χ2v) is 15.3. The maximum absolute atomic E-state index is 12.1. The third-order valence-corrected chi connectivity index (χ3v) is 11.0. The number of benzene rings is 3. The van der Waals surface area contributed by atoms with Crippen LogP contribution in [0.25, 0.3) is 65.4 Å². The van der Waals surface area contributed by atoms with Crippen molar-refractivity contribution in [2.45, 2.75) is 90.4 Å². The summed E-state index contributed by atoms with van der Waals surface area (Å²) in [5.74, 6) is 0.208. The molecule has 0 saturated heterocycles. The number of nitrogens with zero attached hydrogens (tertiary/aromatic N) is 6. The van der Waals surface area contributed by atoms with E-state index in [9.17, 15) is 4.79 Å². The van der Waals surface area contributed by atoms with E-state index in [2.05, 4.69) is 115 Å². The fraction of sp³-hybridized carbons (Fsp3) is 0.288. The van der Waals surface area contributed by atoms with Gasteiger partial charge in [0.2, 0.25) is 5.91 Å². The van der Waals surface area contributed by atoms with Gasteiger partial charge in [-0.25, -0.2) is 0 Å². The Hall–Kier alpha value is -5.21. The Kier molecular flexibility index (Phi) is 21.7. The SMILES string of the molecule is CCCCCCCCCCCC(=O)NCCCCc1ccnc2c1ccc1cccnc12.[Cl-].[Cl-].[Ru].c1cnc2c(c1)ccc1cccnc12.c1cnc2c(c1)ccc1cccnc12. The molecule has 0 aliphatic rings. The molecule has 0 aliphatic heterocycles. The smallest absolute Gasteiger partial charge is 0.219 e. The molecular weight excluding hydrogens is 911 g/mol. The number of nitrogens with one attached hydrogen (secondary N) is 1. The average molecular weight is 966 g/mol. The van der Waals surface area contributed by atoms with Crippen LogP contribution in [0.15, 0.2) is 140 Å². The molecular formula is C52H55Cl2N7ORu-2. The molecule has 0 atom stereocenters. The van der Waals surface area contributed by atoms with Crippen molar-refractivity contribution in [1.29, 1.82) is 0 Å². The summed E-state index contributed by atoms with van der Waals surface area (Å²) in [4.78, 5) is 38.6. The van der Waals surface area contributed by atoms with Gasteiger partial charge in [0.1, 0.15) is 0 Å². The topological polar surface area (TPSA) is 106 Å². The van der Waals surface area contributed by atoms with Crippen molar-refractivity contribution in [2.24, 2.45) is 0 Å². The normalized spacial score (nSPS) is 10.6. The summed E-state index contributed by atoms with van der Waals surface area (Å²) < 4.78 is 0. The van der Waals surface area contributed by atoms with Crippen molar-refractivity contribution in [3.63, 3.8) is 0 Å². The minimum atomic E-state index is 0. The Morgan fingerprint density at radius 1 is 0.429 bits per heavy atom. The van der Waals surface area contributed by atoms with Gasteiger partial charge in [-0.15, -0.1) is 0 Å². The quantitative estimate of drug-likeness (QED) is 0.0692. The fourth-order valence-electron chi connectivity index (χ4n) is 7.74. The summed E-state index contributed by atoms with van der Waals surface area (Å²) in [6.45, 7) is 3.02. The molecule has 11 heteroatoms. The summed E-state index contributed by atoms with van der Waals surface area (Å²) >= 11 is 0. The van der Waals surface area contributed by atoms with Crippen LogP contribution in [0.3, 0.4) is 0 Å². The number of aryl methyl sites for hydroxylation is 1. The van der Waals surface area contributed by atoms with E-state index in [-0.39, 0.29) is 50.2 Å². The van der Waals surface area contributed by atoms with Crippen LogP contribution in [0, 0.1) is 0 Å². The molecule has 0 unspecified atom stereocenters. The van der Waals surface area contributed by atoms with E-state index in [0.29, 0.717) is 6.42 Å². The van der Waals surface area contributed by atoms with Gasteiger partial charge in [-0.05, 0) is 67.6 Å². The number of pyridine rings is 6. The van der Waals surface area contributed by atoms with E-state index >= 15 is 0 Å². The van der Waals surface area contributed by atoms with Gasteiger partial charge in [-0.1, -0.05) is 125 Å². The van der Waals surface area contributed by atoms with Crippen molar-refractivity contribution >= 4 is 71.3 Å². The van der Waals surface area contributed by atoms with E-state index < -0.39 is 0 Å². The van der Waals surface area contributed by atoms with E-state index in [1.54, 1.807) is 24.8 Å². The number of unbranched alkanes of at least 4 members (excludes halogenated alkanes) is 9. The minimum absolute atomic E-state index is 0. The number of aromatic nitrogens is 6. The molecule has 0 fully saturated rings. The van der Waals surface area contributed by atoms with Gasteiger partial charge >= 0.3 is 0 Å². The predicted octanol–water partition coefficient (Wildman–Crippen LogP) is 6.71. The van der Waals surface area contributed by atoms with Crippen molar-refractivity contribution in [1.82, 2.24) is 35.2 Å². The fourth-order valence-corrected chi connectivity index (χ4v) is 7.74. The largest absolute Gasteiger partial charge is 1.00 e. The van der Waals surface area contributed by atoms with Crippen LogP contribution in [-0.4, -0.2) is 42.4 Å². The average Bonchev–Trinajstić information content (AvgIpc) is 3.31. The molecule has 0 saturated carbocycles. The Morgan fingerprint density at radius 3 is 1.25 bits per heavy atom. The van der Waals surface area contributed by atoms with Gasteiger partial charge in [0.25, 0.3) is 0 Å². The number of carbonyl (C=O) groups is 1. The van der Waals surface area contributed by atoms with Crippen LogP contribution < -0.4 is 30.1 Å². The van der Waals surface area contributed by atoms with Gasteiger partial charge in [-0.3, -0.25) is 34.7 Å². The zero-order chi connectivity index (χ0) is 41.2. The first-order chi connectivity index (χ1) is 29.7. The van der Waals surface area contributed by atoms with Crippen molar-refractivity contribution in [3.8, 4) is 0 Å². The second-order valence-electron chi connectivity index (χ2n) is 15.3. The third kappa shape index (κ3) is 14.1. The Labute approximate surface area is 396 Å². The van der Waals surface area contributed by atoms with Crippen molar-refractivity contribution in [3.05, 3.63) is 146 Å². The molecule has 0 radical (unpaired) electrons. The van der Waals surface area contributed by atoms with E-state index in [0.717, 1.165) is 92.3 Å². The molecule has 9 rings (SSSR count). The number of rotatable bonds is 15. The molecule has 63 heavy (non-hydrogen) atoms. The first-order valence-electron chi connectivity index (χ1n) is 21.7. The standard InChI is InChI=1S/C28H39N3O.2C12H8N2.2ClH.Ru/c1-2-3-4-5-6-7-8-9-10-16-26(32)29-20-12-11-14-23-19-22-31-28-25(23)18-17-24-15-13-21-30-27(24)28;2*1-3-9-5-6-10-4-2-8-14-12(10)11(9)13-7-1;;;/h13,15,17-19,21-22H,2-12,14,16,20H2,1H3,(H,29,32);2*1-8H;2*1H;/p-2. The van der Waals surface area contributed by atoms with Gasteiger partial charge in [-0.2, -0.15) is 0 Å². The number of carbonyl (C=O) groups excluding carboxylic acids is 1. The van der Waals surface area contributed by atoms with Crippen LogP contribution in [0.2, 0.25) is 0 Å². The molecule has 8 nitrogen and oxygen atoms in total. The Morgan fingerprint density at radius 2 is 0.810 bits per heavy atom. The molecule has 6 heterocycles. The number of hydrogen-bond donors (Lipinski definition) is 1. The summed E-state index contributed by atoms with van der Waals surface area (Å²) in [7, 11) is 0. The van der Waals surface area contributed by atoms with Crippen LogP contribution in [0.5, 0.6) is 0 Å². The van der Waals surface area contributed by atoms with Crippen molar-refractivity contribution in [2.75, 3.05) is 6.54 Å². The van der Waals surface area contributed by atoms with Crippen LogP contribution in [-0.2, 0) is 30.7 Å². The predicted molar refractivity (Wildman–Crippen MR) is 249 cm³/mol. The maximum Gasteiger partial charge on any atom is 0.219 e. The van der Waals surface area contributed by atoms with Gasteiger partial charge in [0.05, 0.1) is 33.1 Å². The second kappa shape index (κ2) is 27.1. The van der Waals surface area contributed by atoms with E-state index in [4.69, 9.17) is 0 Å². The third-order valence-electron chi connectivity index (χ3n) is 11.0. The van der Waals surface area contributed by atoms with E-state index in [1.807, 2.05) is 42.7 Å². The summed E-state index contributed by atoms with van der Waals surface area (Å²) in [6, 6.07) is 34.7. The van der Waals surface area contributed by atoms with Gasteiger partial charge in [0, 0.05) is 102 Å². The minimum Gasteiger partial charge on any atom is -1.00 e. The molecule has 1 N–H and O–H groups in total. The number of fused-ring (bicyclic) bond motifs is 9. The monoisotopic (exact) mass is 965 g/mol. The number of hydrogen-bond acceptors (Lipinski definition) is 7. The molecule has 1 amide bonds. The first-order valence-corrected chi connectivity index (χ1v) is 21.7. The number of amides is 1. The molecule has 6 aromatic heterocycles. The molecule has 0 aliphatic carbocycles. The molecule has 0 spiro atoms. The van der Waals surface area contributed by atoms with Gasteiger partial charge < -0.3 is 30.1 Å². The van der Waals surface area contributed by atoms with Crippen LogP contribution >= 0.6 is 0 Å². The summed E-state index contributed by atoms with van der Waals surface area (Å²) in [5, 5.41) is 9.96. The van der Waals surface area contributed by atoms with E-state index in [1.165, 1.54) is 62.3 Å². The zero-order valence-electron chi connectivity index (χ0n) is 35.9. The first kappa shape index (κ1) is 50.4.